The quantitative estimate of drug-likeness (QED) is 0.594. The molecule has 24 heavy (non-hydrogen) atoms. The van der Waals surface area contributed by atoms with Crippen molar-refractivity contribution in [2.24, 2.45) is 0 Å². The highest BCUT2D eigenvalue weighted by Crippen LogP contribution is 2.29. The zero-order valence-corrected chi connectivity index (χ0v) is 12.9. The van der Waals surface area contributed by atoms with Gasteiger partial charge in [0.2, 0.25) is 0 Å². The van der Waals surface area contributed by atoms with Crippen molar-refractivity contribution in [1.82, 2.24) is 29.5 Å². The van der Waals surface area contributed by atoms with E-state index in [4.69, 9.17) is 5.73 Å². The van der Waals surface area contributed by atoms with Crippen molar-refractivity contribution in [3.63, 3.8) is 0 Å². The molecule has 0 aliphatic carbocycles. The summed E-state index contributed by atoms with van der Waals surface area (Å²) in [6.45, 7) is 0. The second-order valence-corrected chi connectivity index (χ2v) is 5.15. The molecule has 4 heterocycles. The Hall–Kier alpha value is -3.55. The first-order chi connectivity index (χ1) is 11.8. The SMILES string of the molecule is CNc1cc(-c2c(N)nn3cc(-c4ccncc4)cnc23)ncn1. The number of nitrogens with zero attached hydrogens (tertiary/aromatic N) is 6. The van der Waals surface area contributed by atoms with Crippen LogP contribution in [0.25, 0.3) is 28.0 Å². The van der Waals surface area contributed by atoms with Crippen molar-refractivity contribution < 1.29 is 0 Å². The van der Waals surface area contributed by atoms with Crippen LogP contribution in [-0.2, 0) is 0 Å². The van der Waals surface area contributed by atoms with Gasteiger partial charge in [-0.15, -0.1) is 5.10 Å². The number of pyridine rings is 1. The smallest absolute Gasteiger partial charge is 0.166 e. The molecule has 0 unspecified atom stereocenters. The summed E-state index contributed by atoms with van der Waals surface area (Å²) >= 11 is 0. The zero-order valence-electron chi connectivity index (χ0n) is 12.9. The minimum atomic E-state index is 0.370. The molecule has 3 N–H and O–H groups in total. The van der Waals surface area contributed by atoms with E-state index in [1.807, 2.05) is 24.4 Å². The number of nitrogens with one attached hydrogen (secondary N) is 1. The van der Waals surface area contributed by atoms with Crippen LogP contribution in [0.4, 0.5) is 11.6 Å². The predicted octanol–water partition coefficient (Wildman–Crippen LogP) is 1.87. The number of fused-ring (bicyclic) bond motifs is 1. The first-order valence-electron chi connectivity index (χ1n) is 7.30. The van der Waals surface area contributed by atoms with Crippen LogP contribution in [-0.4, -0.2) is 36.6 Å². The number of aromatic nitrogens is 6. The molecule has 0 saturated carbocycles. The third-order valence-electron chi connectivity index (χ3n) is 3.69. The summed E-state index contributed by atoms with van der Waals surface area (Å²) < 4.78 is 1.67. The summed E-state index contributed by atoms with van der Waals surface area (Å²) in [7, 11) is 1.80. The Morgan fingerprint density at radius 1 is 1.08 bits per heavy atom. The third kappa shape index (κ3) is 2.30. The van der Waals surface area contributed by atoms with Gasteiger partial charge in [0, 0.05) is 43.5 Å². The lowest BCUT2D eigenvalue weighted by Crippen LogP contribution is -1.96. The Bertz CT molecular complexity index is 1010. The van der Waals surface area contributed by atoms with Crippen molar-refractivity contribution in [2.45, 2.75) is 0 Å². The fraction of sp³-hybridized carbons (Fsp3) is 0.0625. The van der Waals surface area contributed by atoms with Crippen LogP contribution >= 0.6 is 0 Å². The van der Waals surface area contributed by atoms with Gasteiger partial charge in [0.25, 0.3) is 0 Å². The van der Waals surface area contributed by atoms with E-state index < -0.39 is 0 Å². The van der Waals surface area contributed by atoms with Gasteiger partial charge in [0.05, 0.1) is 11.3 Å². The molecular weight excluding hydrogens is 304 g/mol. The second kappa shape index (κ2) is 5.58. The van der Waals surface area contributed by atoms with E-state index in [9.17, 15) is 0 Å². The summed E-state index contributed by atoms with van der Waals surface area (Å²) in [5.41, 5.74) is 10.0. The molecule has 0 aliphatic heterocycles. The molecule has 8 heteroatoms. The van der Waals surface area contributed by atoms with Gasteiger partial charge >= 0.3 is 0 Å². The normalized spacial score (nSPS) is 10.9. The average molecular weight is 318 g/mol. The van der Waals surface area contributed by atoms with Crippen LogP contribution in [0.15, 0.2) is 49.3 Å². The second-order valence-electron chi connectivity index (χ2n) is 5.15. The summed E-state index contributed by atoms with van der Waals surface area (Å²) in [4.78, 5) is 17.0. The van der Waals surface area contributed by atoms with E-state index in [0.717, 1.165) is 11.1 Å². The van der Waals surface area contributed by atoms with Crippen LogP contribution in [0.3, 0.4) is 0 Å². The van der Waals surface area contributed by atoms with Crippen LogP contribution in [0.1, 0.15) is 0 Å². The summed E-state index contributed by atoms with van der Waals surface area (Å²) in [6, 6.07) is 5.65. The van der Waals surface area contributed by atoms with Crippen molar-refractivity contribution >= 4 is 17.3 Å². The largest absolute Gasteiger partial charge is 0.382 e. The third-order valence-corrected chi connectivity index (χ3v) is 3.69. The molecule has 0 bridgehead atoms. The molecule has 8 nitrogen and oxygen atoms in total. The predicted molar refractivity (Wildman–Crippen MR) is 91.2 cm³/mol. The Balaban J connectivity index is 1.87. The van der Waals surface area contributed by atoms with Crippen molar-refractivity contribution in [1.29, 1.82) is 0 Å². The topological polar surface area (TPSA) is 107 Å². The first kappa shape index (κ1) is 14.1. The fourth-order valence-electron chi connectivity index (χ4n) is 2.52. The maximum Gasteiger partial charge on any atom is 0.166 e. The van der Waals surface area contributed by atoms with Gasteiger partial charge in [-0.2, -0.15) is 0 Å². The first-order valence-corrected chi connectivity index (χ1v) is 7.30. The Morgan fingerprint density at radius 2 is 1.92 bits per heavy atom. The van der Waals surface area contributed by atoms with E-state index in [1.165, 1.54) is 6.33 Å². The summed E-state index contributed by atoms with van der Waals surface area (Å²) in [6.07, 6.45) is 8.63. The molecule has 0 fully saturated rings. The van der Waals surface area contributed by atoms with E-state index in [1.54, 1.807) is 30.2 Å². The van der Waals surface area contributed by atoms with E-state index >= 15 is 0 Å². The highest BCUT2D eigenvalue weighted by molar-refractivity contribution is 5.85. The molecule has 4 aromatic rings. The average Bonchev–Trinajstić information content (AvgIpc) is 2.97. The van der Waals surface area contributed by atoms with Gasteiger partial charge in [0.15, 0.2) is 11.5 Å². The highest BCUT2D eigenvalue weighted by atomic mass is 15.3. The molecule has 0 aliphatic rings. The summed E-state index contributed by atoms with van der Waals surface area (Å²) in [5, 5.41) is 7.35. The number of hydrogen-bond acceptors (Lipinski definition) is 7. The molecule has 0 atom stereocenters. The zero-order chi connectivity index (χ0) is 16.5. The van der Waals surface area contributed by atoms with Crippen molar-refractivity contribution in [3.8, 4) is 22.4 Å². The van der Waals surface area contributed by atoms with Crippen LogP contribution in [0, 0.1) is 0 Å². The van der Waals surface area contributed by atoms with Gasteiger partial charge < -0.3 is 11.1 Å². The van der Waals surface area contributed by atoms with Gasteiger partial charge in [0.1, 0.15) is 12.1 Å². The molecule has 0 radical (unpaired) electrons. The number of nitrogens with two attached hydrogens (primary N) is 1. The van der Waals surface area contributed by atoms with Crippen molar-refractivity contribution in [3.05, 3.63) is 49.3 Å². The molecule has 118 valence electrons. The molecule has 0 aromatic carbocycles. The Labute approximate surface area is 137 Å². The minimum absolute atomic E-state index is 0.370. The Kier molecular flexibility index (Phi) is 3.27. The van der Waals surface area contributed by atoms with Crippen molar-refractivity contribution in [2.75, 3.05) is 18.1 Å². The number of nitrogen functional groups attached to an aromatic ring is 1. The van der Waals surface area contributed by atoms with E-state index in [-0.39, 0.29) is 0 Å². The van der Waals surface area contributed by atoms with Gasteiger partial charge in [-0.1, -0.05) is 0 Å². The maximum absolute atomic E-state index is 6.10. The van der Waals surface area contributed by atoms with Gasteiger partial charge in [-0.3, -0.25) is 4.98 Å². The number of hydrogen-bond donors (Lipinski definition) is 2. The standard InChI is InChI=1S/C16H14N8/c1-18-13-6-12(21-9-22-13)14-15(17)23-24-8-11(7-20-16(14)24)10-2-4-19-5-3-10/h2-9H,1H3,(H2,17,23)(H,18,21,22). The number of anilines is 2. The van der Waals surface area contributed by atoms with Crippen LogP contribution in [0.2, 0.25) is 0 Å². The lowest BCUT2D eigenvalue weighted by atomic mass is 10.1. The monoisotopic (exact) mass is 318 g/mol. The number of rotatable bonds is 3. The van der Waals surface area contributed by atoms with Crippen LogP contribution in [0.5, 0.6) is 0 Å². The van der Waals surface area contributed by atoms with Gasteiger partial charge in [-0.25, -0.2) is 19.5 Å². The Morgan fingerprint density at radius 3 is 2.71 bits per heavy atom. The lowest BCUT2D eigenvalue weighted by Gasteiger charge is -2.03. The molecule has 4 rings (SSSR count). The molecule has 4 aromatic heterocycles. The molecule has 0 spiro atoms. The minimum Gasteiger partial charge on any atom is -0.382 e. The van der Waals surface area contributed by atoms with E-state index in [2.05, 4.69) is 30.4 Å². The highest BCUT2D eigenvalue weighted by Gasteiger charge is 2.16. The van der Waals surface area contributed by atoms with E-state index in [0.29, 0.717) is 28.5 Å². The van der Waals surface area contributed by atoms with Gasteiger partial charge in [-0.05, 0) is 17.7 Å². The molecular formula is C16H14N8. The maximum atomic E-state index is 6.10. The fourth-order valence-corrected chi connectivity index (χ4v) is 2.52. The molecule has 0 amide bonds. The van der Waals surface area contributed by atoms with Crippen LogP contribution < -0.4 is 11.1 Å². The molecule has 0 saturated heterocycles. The summed E-state index contributed by atoms with van der Waals surface area (Å²) in [5.74, 6) is 1.07. The lowest BCUT2D eigenvalue weighted by molar-refractivity contribution is 0.947.